The lowest BCUT2D eigenvalue weighted by Crippen LogP contribution is -2.39. The van der Waals surface area contributed by atoms with E-state index in [0.29, 0.717) is 18.1 Å². The van der Waals surface area contributed by atoms with Gasteiger partial charge < -0.3 is 5.32 Å². The summed E-state index contributed by atoms with van der Waals surface area (Å²) >= 11 is 0. The van der Waals surface area contributed by atoms with Crippen molar-refractivity contribution < 1.29 is 8.42 Å². The third kappa shape index (κ3) is 2.93. The van der Waals surface area contributed by atoms with Crippen molar-refractivity contribution in [1.29, 1.82) is 0 Å². The zero-order valence-electron chi connectivity index (χ0n) is 15.1. The molecule has 0 aromatic carbocycles. The number of aryl methyl sites for hydroxylation is 1. The van der Waals surface area contributed by atoms with Gasteiger partial charge in [-0.2, -0.15) is 9.40 Å². The first-order valence-electron chi connectivity index (χ1n) is 9.04. The lowest BCUT2D eigenvalue weighted by atomic mass is 10.0. The summed E-state index contributed by atoms with van der Waals surface area (Å²) in [6, 6.07) is -0.312. The molecule has 0 bridgehead atoms. The molecule has 0 radical (unpaired) electrons. The molecule has 9 heteroatoms. The van der Waals surface area contributed by atoms with Crippen LogP contribution < -0.4 is 5.32 Å². The smallest absolute Gasteiger partial charge is 0.247 e. The maximum atomic E-state index is 13.3. The van der Waals surface area contributed by atoms with E-state index in [-0.39, 0.29) is 10.9 Å². The van der Waals surface area contributed by atoms with Gasteiger partial charge in [0.15, 0.2) is 0 Å². The van der Waals surface area contributed by atoms with Gasteiger partial charge in [-0.3, -0.25) is 4.68 Å². The molecule has 2 aliphatic rings. The summed E-state index contributed by atoms with van der Waals surface area (Å²) in [5, 5.41) is 7.41. The average Bonchev–Trinajstić information content (AvgIpc) is 3.01. The van der Waals surface area contributed by atoms with Gasteiger partial charge in [0.2, 0.25) is 10.0 Å². The van der Waals surface area contributed by atoms with Gasteiger partial charge in [0.1, 0.15) is 10.7 Å². The minimum Gasteiger partial charge on any atom is -0.312 e. The number of hydrogen-bond donors (Lipinski definition) is 1. The summed E-state index contributed by atoms with van der Waals surface area (Å²) < 4.78 is 29.8. The Morgan fingerprint density at radius 1 is 1.27 bits per heavy atom. The Morgan fingerprint density at radius 3 is 2.88 bits per heavy atom. The Bertz CT molecular complexity index is 923. The van der Waals surface area contributed by atoms with Crippen LogP contribution in [0.3, 0.4) is 0 Å². The van der Waals surface area contributed by atoms with Gasteiger partial charge in [-0.05, 0) is 19.8 Å². The van der Waals surface area contributed by atoms with Gasteiger partial charge in [-0.25, -0.2) is 18.4 Å². The molecule has 4 rings (SSSR count). The van der Waals surface area contributed by atoms with E-state index in [1.54, 1.807) is 23.0 Å². The normalized spacial score (nSPS) is 21.5. The summed E-state index contributed by atoms with van der Waals surface area (Å²) in [5.74, 6) is 0.621. The predicted molar refractivity (Wildman–Crippen MR) is 95.9 cm³/mol. The van der Waals surface area contributed by atoms with Crippen LogP contribution in [0.2, 0.25) is 0 Å². The minimum absolute atomic E-state index is 0.272. The highest BCUT2D eigenvalue weighted by Gasteiger charge is 2.37. The Kier molecular flexibility index (Phi) is 4.54. The third-order valence-corrected chi connectivity index (χ3v) is 7.37. The highest BCUT2D eigenvalue weighted by molar-refractivity contribution is 7.89. The van der Waals surface area contributed by atoms with Crippen LogP contribution in [0.4, 0.5) is 0 Å². The van der Waals surface area contributed by atoms with Crippen LogP contribution in [0, 0.1) is 6.92 Å². The Labute approximate surface area is 153 Å². The molecule has 0 saturated carbocycles. The monoisotopic (exact) mass is 376 g/mol. The average molecular weight is 376 g/mol. The number of nitrogens with zero attached hydrogens (tertiary/aromatic N) is 5. The van der Waals surface area contributed by atoms with Crippen molar-refractivity contribution in [1.82, 2.24) is 29.4 Å². The molecule has 1 saturated heterocycles. The van der Waals surface area contributed by atoms with Crippen LogP contribution in [-0.4, -0.2) is 45.6 Å². The fourth-order valence-corrected chi connectivity index (χ4v) is 5.56. The van der Waals surface area contributed by atoms with Crippen molar-refractivity contribution >= 4 is 10.0 Å². The molecule has 8 nitrogen and oxygen atoms in total. The summed E-state index contributed by atoms with van der Waals surface area (Å²) in [6.07, 6.45) is 6.71. The standard InChI is InChI=1S/C17H24N6O2S/c1-12-16(11-20-22(12)2)26(24,25)23-8-4-3-5-15(23)17-19-10-13-9-18-7-6-14(13)21-17/h10-11,15,18H,3-9H2,1-2H3/t15-/m1/s1. The lowest BCUT2D eigenvalue weighted by Gasteiger charge is -2.34. The third-order valence-electron chi connectivity index (χ3n) is 5.36. The molecule has 1 fully saturated rings. The van der Waals surface area contributed by atoms with Gasteiger partial charge >= 0.3 is 0 Å². The van der Waals surface area contributed by atoms with Gasteiger partial charge in [0, 0.05) is 50.6 Å². The van der Waals surface area contributed by atoms with Crippen molar-refractivity contribution in [3.8, 4) is 0 Å². The van der Waals surface area contributed by atoms with Gasteiger partial charge in [-0.15, -0.1) is 0 Å². The Hall–Kier alpha value is -1.84. The Balaban J connectivity index is 1.72. The number of rotatable bonds is 3. The number of piperidine rings is 1. The van der Waals surface area contributed by atoms with Crippen molar-refractivity contribution in [2.45, 2.75) is 50.1 Å². The van der Waals surface area contributed by atoms with Gasteiger partial charge in [0.25, 0.3) is 0 Å². The molecule has 26 heavy (non-hydrogen) atoms. The molecule has 4 heterocycles. The molecular weight excluding hydrogens is 352 g/mol. The first-order valence-corrected chi connectivity index (χ1v) is 10.5. The molecule has 140 valence electrons. The summed E-state index contributed by atoms with van der Waals surface area (Å²) in [7, 11) is -1.88. The molecule has 2 aliphatic heterocycles. The lowest BCUT2D eigenvalue weighted by molar-refractivity contribution is 0.245. The summed E-state index contributed by atoms with van der Waals surface area (Å²) in [6.45, 7) is 3.94. The molecule has 0 unspecified atom stereocenters. The van der Waals surface area contributed by atoms with Crippen LogP contribution in [-0.2, 0) is 30.0 Å². The molecule has 0 amide bonds. The van der Waals surface area contributed by atoms with Crippen LogP contribution in [0.5, 0.6) is 0 Å². The quantitative estimate of drug-likeness (QED) is 0.862. The largest absolute Gasteiger partial charge is 0.312 e. The van der Waals surface area contributed by atoms with Crippen molar-refractivity contribution in [2.75, 3.05) is 13.1 Å². The highest BCUT2D eigenvalue weighted by atomic mass is 32.2. The van der Waals surface area contributed by atoms with Crippen molar-refractivity contribution in [3.05, 3.63) is 35.2 Å². The molecule has 1 atom stereocenters. The zero-order valence-corrected chi connectivity index (χ0v) is 16.0. The van der Waals surface area contributed by atoms with Crippen molar-refractivity contribution in [3.63, 3.8) is 0 Å². The molecule has 2 aromatic rings. The van der Waals surface area contributed by atoms with E-state index in [9.17, 15) is 8.42 Å². The summed E-state index contributed by atoms with van der Waals surface area (Å²) in [5.41, 5.74) is 2.79. The van der Waals surface area contributed by atoms with Crippen LogP contribution in [0.1, 0.15) is 48.1 Å². The first-order chi connectivity index (χ1) is 12.5. The summed E-state index contributed by atoms with van der Waals surface area (Å²) in [4.78, 5) is 9.54. The molecule has 1 N–H and O–H groups in total. The number of fused-ring (bicyclic) bond motifs is 1. The Morgan fingerprint density at radius 2 is 2.12 bits per heavy atom. The fraction of sp³-hybridized carbons (Fsp3) is 0.588. The second-order valence-electron chi connectivity index (χ2n) is 6.97. The van der Waals surface area contributed by atoms with E-state index in [1.165, 1.54) is 6.20 Å². The van der Waals surface area contributed by atoms with E-state index in [1.807, 2.05) is 6.20 Å². The zero-order chi connectivity index (χ0) is 18.3. The number of aromatic nitrogens is 4. The van der Waals surface area contributed by atoms with E-state index >= 15 is 0 Å². The minimum atomic E-state index is -3.63. The second kappa shape index (κ2) is 6.71. The van der Waals surface area contributed by atoms with Gasteiger partial charge in [-0.1, -0.05) is 6.42 Å². The topological polar surface area (TPSA) is 93.0 Å². The second-order valence-corrected chi connectivity index (χ2v) is 8.83. The number of hydrogen-bond acceptors (Lipinski definition) is 6. The molecule has 0 aliphatic carbocycles. The van der Waals surface area contributed by atoms with Crippen molar-refractivity contribution in [2.24, 2.45) is 7.05 Å². The van der Waals surface area contributed by atoms with Crippen LogP contribution in [0.25, 0.3) is 0 Å². The van der Waals surface area contributed by atoms with E-state index in [4.69, 9.17) is 4.98 Å². The first kappa shape index (κ1) is 17.6. The van der Waals surface area contributed by atoms with Crippen LogP contribution in [0.15, 0.2) is 17.3 Å². The van der Waals surface area contributed by atoms with E-state index in [0.717, 1.165) is 50.0 Å². The number of nitrogens with one attached hydrogen (secondary N) is 1. The van der Waals surface area contributed by atoms with E-state index in [2.05, 4.69) is 15.4 Å². The predicted octanol–water partition coefficient (Wildman–Crippen LogP) is 1.08. The van der Waals surface area contributed by atoms with Crippen LogP contribution >= 0.6 is 0 Å². The highest BCUT2D eigenvalue weighted by Crippen LogP contribution is 2.35. The maximum Gasteiger partial charge on any atom is 0.247 e. The molecule has 2 aromatic heterocycles. The molecular formula is C17H24N6O2S. The number of sulfonamides is 1. The van der Waals surface area contributed by atoms with E-state index < -0.39 is 10.0 Å². The van der Waals surface area contributed by atoms with Gasteiger partial charge in [0.05, 0.1) is 17.9 Å². The molecule has 0 spiro atoms. The fourth-order valence-electron chi connectivity index (χ4n) is 3.72. The SMILES string of the molecule is Cc1c(S(=O)(=O)N2CCCC[C@@H]2c2ncc3c(n2)CCNC3)cnn1C. The maximum absolute atomic E-state index is 13.3.